The van der Waals surface area contributed by atoms with Crippen molar-refractivity contribution in [2.75, 3.05) is 6.61 Å². The highest BCUT2D eigenvalue weighted by Crippen LogP contribution is 2.52. The summed E-state index contributed by atoms with van der Waals surface area (Å²) in [4.78, 5) is 36.9. The largest absolute Gasteiger partial charge is 0.490 e. The first-order chi connectivity index (χ1) is 16.9. The lowest BCUT2D eigenvalue weighted by atomic mass is 9.85. The average molecular weight is 479 g/mol. The van der Waals surface area contributed by atoms with Gasteiger partial charge in [-0.2, -0.15) is 10.1 Å². The molecule has 2 aliphatic carbocycles. The van der Waals surface area contributed by atoms with Gasteiger partial charge in [-0.25, -0.2) is 4.39 Å². The van der Waals surface area contributed by atoms with E-state index in [-0.39, 0.29) is 71.4 Å². The van der Waals surface area contributed by atoms with E-state index in [9.17, 15) is 24.1 Å². The minimum Gasteiger partial charge on any atom is -0.490 e. The Morgan fingerprint density at radius 2 is 1.77 bits per heavy atom. The monoisotopic (exact) mass is 479 g/mol. The Morgan fingerprint density at radius 1 is 1.11 bits per heavy atom. The van der Waals surface area contributed by atoms with Crippen molar-refractivity contribution in [1.29, 1.82) is 0 Å². The van der Waals surface area contributed by atoms with Crippen molar-refractivity contribution < 1.29 is 28.4 Å². The van der Waals surface area contributed by atoms with Crippen molar-refractivity contribution >= 4 is 23.7 Å². The highest BCUT2D eigenvalue weighted by Gasteiger charge is 2.59. The van der Waals surface area contributed by atoms with Crippen molar-refractivity contribution in [1.82, 2.24) is 5.01 Å². The summed E-state index contributed by atoms with van der Waals surface area (Å²) in [6.07, 6.45) is 6.04. The number of hydrazone groups is 1. The van der Waals surface area contributed by atoms with Gasteiger partial charge < -0.3 is 9.47 Å². The predicted molar refractivity (Wildman–Crippen MR) is 122 cm³/mol. The van der Waals surface area contributed by atoms with Gasteiger partial charge in [-0.3, -0.25) is 19.7 Å². The third-order valence-corrected chi connectivity index (χ3v) is 6.62. The number of fused-ring (bicyclic) bond motifs is 5. The van der Waals surface area contributed by atoms with Gasteiger partial charge in [-0.1, -0.05) is 24.3 Å². The Bertz CT molecular complexity index is 1230. The molecule has 2 aromatic rings. The summed E-state index contributed by atoms with van der Waals surface area (Å²) in [5, 5.41) is 16.8. The van der Waals surface area contributed by atoms with Gasteiger partial charge in [0.05, 0.1) is 29.6 Å². The number of nitro benzene ring substituents is 1. The van der Waals surface area contributed by atoms with Crippen LogP contribution in [0.4, 0.5) is 10.1 Å². The van der Waals surface area contributed by atoms with Gasteiger partial charge in [0.15, 0.2) is 5.75 Å². The van der Waals surface area contributed by atoms with Gasteiger partial charge >= 0.3 is 5.69 Å². The molecule has 1 heterocycles. The van der Waals surface area contributed by atoms with Crippen LogP contribution in [0, 0.1) is 39.6 Å². The number of hydrogen-bond donors (Lipinski definition) is 0. The molecule has 10 heteroatoms. The van der Waals surface area contributed by atoms with Crippen molar-refractivity contribution in [3.05, 3.63) is 75.6 Å². The molecule has 0 N–H and O–H groups in total. The molecule has 180 valence electrons. The normalized spacial score (nSPS) is 24.5. The van der Waals surface area contributed by atoms with Gasteiger partial charge in [-0.05, 0) is 48.9 Å². The number of ether oxygens (including phenoxy) is 2. The van der Waals surface area contributed by atoms with Gasteiger partial charge in [0.25, 0.3) is 11.8 Å². The molecule has 2 amide bonds. The summed E-state index contributed by atoms with van der Waals surface area (Å²) in [6, 6.07) is 8.31. The van der Waals surface area contributed by atoms with E-state index in [4.69, 9.17) is 9.47 Å². The van der Waals surface area contributed by atoms with Gasteiger partial charge in [0.1, 0.15) is 12.4 Å². The van der Waals surface area contributed by atoms with E-state index in [1.54, 1.807) is 6.92 Å². The number of amides is 2. The molecule has 35 heavy (non-hydrogen) atoms. The van der Waals surface area contributed by atoms with Crippen LogP contribution in [0.5, 0.6) is 11.5 Å². The molecule has 4 atom stereocenters. The van der Waals surface area contributed by atoms with Crippen LogP contribution in [-0.2, 0) is 16.2 Å². The van der Waals surface area contributed by atoms with Crippen LogP contribution in [0.25, 0.3) is 0 Å². The second-order valence-electron chi connectivity index (χ2n) is 8.71. The first kappa shape index (κ1) is 22.7. The van der Waals surface area contributed by atoms with E-state index >= 15 is 0 Å². The van der Waals surface area contributed by atoms with Crippen LogP contribution in [-0.4, -0.2) is 34.6 Å². The molecule has 0 spiro atoms. The minimum absolute atomic E-state index is 0.0371. The maximum absolute atomic E-state index is 13.2. The zero-order valence-electron chi connectivity index (χ0n) is 18.8. The van der Waals surface area contributed by atoms with Crippen LogP contribution in [0.1, 0.15) is 24.5 Å². The summed E-state index contributed by atoms with van der Waals surface area (Å²) >= 11 is 0. The van der Waals surface area contributed by atoms with Gasteiger partial charge in [-0.15, -0.1) is 0 Å². The summed E-state index contributed by atoms with van der Waals surface area (Å²) in [6.45, 7) is 1.90. The number of nitro groups is 1. The standard InChI is InChI=1S/C25H22FN3O6/c1-2-34-20-10-15(9-19(29(32)33)23(20)35-13-14-3-7-18(26)8-4-14)12-27-28-24(30)21-16-5-6-17(11-16)22(21)25(28)31/h3-10,12,16-17,21-22H,2,11,13H2,1H3/t16-,17-,21-,22+/m0/s1. The van der Waals surface area contributed by atoms with Crippen molar-refractivity contribution in [3.63, 3.8) is 0 Å². The van der Waals surface area contributed by atoms with Crippen LogP contribution in [0.15, 0.2) is 53.7 Å². The van der Waals surface area contributed by atoms with Crippen LogP contribution < -0.4 is 9.47 Å². The number of nitrogens with zero attached hydrogens (tertiary/aromatic N) is 3. The van der Waals surface area contributed by atoms with E-state index in [0.29, 0.717) is 5.56 Å². The molecule has 0 aromatic heterocycles. The summed E-state index contributed by atoms with van der Waals surface area (Å²) in [5.74, 6) is -1.70. The third kappa shape index (κ3) is 4.05. The molecule has 3 aliphatic rings. The van der Waals surface area contributed by atoms with Crippen LogP contribution in [0.2, 0.25) is 0 Å². The van der Waals surface area contributed by atoms with E-state index in [1.807, 2.05) is 12.2 Å². The zero-order valence-corrected chi connectivity index (χ0v) is 18.8. The number of rotatable bonds is 8. The molecule has 5 rings (SSSR count). The fourth-order valence-corrected chi connectivity index (χ4v) is 5.09. The minimum atomic E-state index is -0.611. The van der Waals surface area contributed by atoms with Gasteiger partial charge in [0.2, 0.25) is 5.75 Å². The number of carbonyl (C=O) groups excluding carboxylic acids is 2. The maximum atomic E-state index is 13.2. The lowest BCUT2D eigenvalue weighted by Gasteiger charge is -2.14. The maximum Gasteiger partial charge on any atom is 0.315 e. The molecule has 1 saturated carbocycles. The third-order valence-electron chi connectivity index (χ3n) is 6.62. The lowest BCUT2D eigenvalue weighted by Crippen LogP contribution is -2.28. The number of imide groups is 1. The molecular weight excluding hydrogens is 457 g/mol. The molecule has 2 aromatic carbocycles. The van der Waals surface area contributed by atoms with Gasteiger partial charge in [0, 0.05) is 11.6 Å². The van der Waals surface area contributed by atoms with E-state index in [0.717, 1.165) is 11.4 Å². The van der Waals surface area contributed by atoms with E-state index in [2.05, 4.69) is 5.10 Å². The number of halogens is 1. The molecule has 1 saturated heterocycles. The topological polar surface area (TPSA) is 111 Å². The SMILES string of the molecule is CCOc1cc(C=NN2C(=O)[C@@H]3[C@H](C2=O)[C@H]2C=C[C@H]3C2)cc([N+](=O)[O-])c1OCc1ccc(F)cc1. The Kier molecular flexibility index (Phi) is 5.80. The number of allylic oxidation sites excluding steroid dienone is 2. The highest BCUT2D eigenvalue weighted by molar-refractivity contribution is 6.06. The second-order valence-corrected chi connectivity index (χ2v) is 8.71. The Hall–Kier alpha value is -4.08. The predicted octanol–water partition coefficient (Wildman–Crippen LogP) is 3.85. The van der Waals surface area contributed by atoms with Crippen molar-refractivity contribution in [3.8, 4) is 11.5 Å². The quantitative estimate of drug-likeness (QED) is 0.187. The molecular formula is C25H22FN3O6. The van der Waals surface area contributed by atoms with E-state index in [1.165, 1.54) is 42.6 Å². The summed E-state index contributed by atoms with van der Waals surface area (Å²) < 4.78 is 24.4. The van der Waals surface area contributed by atoms with Crippen molar-refractivity contribution in [2.45, 2.75) is 20.0 Å². The fraction of sp³-hybridized carbons (Fsp3) is 0.320. The molecule has 1 aliphatic heterocycles. The first-order valence-corrected chi connectivity index (χ1v) is 11.3. The molecule has 2 fully saturated rings. The van der Waals surface area contributed by atoms with Crippen LogP contribution in [0.3, 0.4) is 0 Å². The average Bonchev–Trinajstić information content (AvgIpc) is 3.52. The molecule has 2 bridgehead atoms. The summed E-state index contributed by atoms with van der Waals surface area (Å²) in [7, 11) is 0. The van der Waals surface area contributed by atoms with Crippen molar-refractivity contribution in [2.24, 2.45) is 28.8 Å². The Balaban J connectivity index is 1.41. The van der Waals surface area contributed by atoms with E-state index < -0.39 is 10.7 Å². The lowest BCUT2D eigenvalue weighted by molar-refractivity contribution is -0.386. The number of benzene rings is 2. The Labute approximate surface area is 200 Å². The number of carbonyl (C=O) groups is 2. The fourth-order valence-electron chi connectivity index (χ4n) is 5.09. The summed E-state index contributed by atoms with van der Waals surface area (Å²) in [5.41, 5.74) is 0.527. The second kappa shape index (κ2) is 8.94. The Morgan fingerprint density at radius 3 is 2.37 bits per heavy atom. The molecule has 9 nitrogen and oxygen atoms in total. The molecule has 0 radical (unpaired) electrons. The highest BCUT2D eigenvalue weighted by atomic mass is 19.1. The first-order valence-electron chi connectivity index (χ1n) is 11.3. The smallest absolute Gasteiger partial charge is 0.315 e. The number of hydrogen-bond acceptors (Lipinski definition) is 7. The molecule has 0 unspecified atom stereocenters. The van der Waals surface area contributed by atoms with Crippen LogP contribution >= 0.6 is 0 Å². The zero-order chi connectivity index (χ0) is 24.7.